The number of hydrogen-bond donors (Lipinski definition) is 1. The molecule has 1 N–H and O–H groups in total. The second kappa shape index (κ2) is 5.89. The molecule has 0 fully saturated rings. The molecule has 6 heteroatoms. The first kappa shape index (κ1) is 13.8. The Labute approximate surface area is 109 Å². The van der Waals surface area contributed by atoms with E-state index < -0.39 is 4.92 Å². The summed E-state index contributed by atoms with van der Waals surface area (Å²) in [5.74, 6) is 0. The maximum atomic E-state index is 10.6. The van der Waals surface area contributed by atoms with Crippen LogP contribution in [0.3, 0.4) is 0 Å². The molecule has 92 valence electrons. The molecule has 0 saturated heterocycles. The standard InChI is InChI=1S/C11H12Cl2N2O2/c1-3-4-7(2)14-11-9(12)5-8(15(16)17)6-10(11)13/h3,5-7,14H,1,4H2,2H3. The summed E-state index contributed by atoms with van der Waals surface area (Å²) in [6.45, 7) is 5.57. The normalized spacial score (nSPS) is 11.9. The van der Waals surface area contributed by atoms with E-state index in [-0.39, 0.29) is 21.8 Å². The minimum atomic E-state index is -0.533. The molecule has 0 radical (unpaired) electrons. The highest BCUT2D eigenvalue weighted by Crippen LogP contribution is 2.35. The van der Waals surface area contributed by atoms with Crippen molar-refractivity contribution in [2.75, 3.05) is 5.32 Å². The van der Waals surface area contributed by atoms with Crippen molar-refractivity contribution in [2.45, 2.75) is 19.4 Å². The molecule has 0 aliphatic carbocycles. The summed E-state index contributed by atoms with van der Waals surface area (Å²) < 4.78 is 0. The van der Waals surface area contributed by atoms with E-state index in [9.17, 15) is 10.1 Å². The molecular formula is C11H12Cl2N2O2. The molecule has 0 aliphatic heterocycles. The lowest BCUT2D eigenvalue weighted by Gasteiger charge is -2.15. The van der Waals surface area contributed by atoms with E-state index in [0.717, 1.165) is 6.42 Å². The van der Waals surface area contributed by atoms with E-state index in [4.69, 9.17) is 23.2 Å². The van der Waals surface area contributed by atoms with Gasteiger partial charge in [0.05, 0.1) is 20.7 Å². The molecule has 1 atom stereocenters. The van der Waals surface area contributed by atoms with E-state index in [2.05, 4.69) is 11.9 Å². The molecule has 1 rings (SSSR count). The molecule has 1 aromatic rings. The highest BCUT2D eigenvalue weighted by molar-refractivity contribution is 6.39. The average Bonchev–Trinajstić information content (AvgIpc) is 2.23. The molecule has 1 aromatic carbocycles. The van der Waals surface area contributed by atoms with Gasteiger partial charge in [0, 0.05) is 18.2 Å². The molecule has 0 amide bonds. The van der Waals surface area contributed by atoms with Crippen molar-refractivity contribution in [1.82, 2.24) is 0 Å². The molecule has 17 heavy (non-hydrogen) atoms. The first-order valence-electron chi connectivity index (χ1n) is 4.96. The van der Waals surface area contributed by atoms with Gasteiger partial charge in [-0.15, -0.1) is 6.58 Å². The monoisotopic (exact) mass is 274 g/mol. The highest BCUT2D eigenvalue weighted by atomic mass is 35.5. The number of nitrogens with one attached hydrogen (secondary N) is 1. The highest BCUT2D eigenvalue weighted by Gasteiger charge is 2.15. The van der Waals surface area contributed by atoms with Crippen LogP contribution in [0.2, 0.25) is 10.0 Å². The third kappa shape index (κ3) is 3.61. The molecular weight excluding hydrogens is 263 g/mol. The van der Waals surface area contributed by atoms with Gasteiger partial charge < -0.3 is 5.32 Å². The number of benzene rings is 1. The van der Waals surface area contributed by atoms with Crippen LogP contribution in [0.15, 0.2) is 24.8 Å². The summed E-state index contributed by atoms with van der Waals surface area (Å²) in [5.41, 5.74) is 0.384. The van der Waals surface area contributed by atoms with Crippen LogP contribution in [-0.2, 0) is 0 Å². The maximum Gasteiger partial charge on any atom is 0.272 e. The van der Waals surface area contributed by atoms with Crippen molar-refractivity contribution in [3.8, 4) is 0 Å². The second-order valence-corrected chi connectivity index (χ2v) is 4.43. The fourth-order valence-electron chi connectivity index (χ4n) is 1.36. The summed E-state index contributed by atoms with van der Waals surface area (Å²) >= 11 is 11.9. The first-order valence-corrected chi connectivity index (χ1v) is 5.72. The van der Waals surface area contributed by atoms with Crippen LogP contribution in [0.4, 0.5) is 11.4 Å². The van der Waals surface area contributed by atoms with Crippen LogP contribution >= 0.6 is 23.2 Å². The topological polar surface area (TPSA) is 55.2 Å². The lowest BCUT2D eigenvalue weighted by atomic mass is 10.2. The van der Waals surface area contributed by atoms with Gasteiger partial charge in [-0.25, -0.2) is 0 Å². The van der Waals surface area contributed by atoms with Crippen LogP contribution < -0.4 is 5.32 Å². The Kier molecular flexibility index (Phi) is 4.78. The van der Waals surface area contributed by atoms with E-state index in [1.165, 1.54) is 12.1 Å². The number of non-ortho nitro benzene ring substituents is 1. The van der Waals surface area contributed by atoms with Gasteiger partial charge in [0.2, 0.25) is 0 Å². The van der Waals surface area contributed by atoms with Gasteiger partial charge in [-0.1, -0.05) is 29.3 Å². The summed E-state index contributed by atoms with van der Waals surface area (Å²) in [6.07, 6.45) is 2.51. The van der Waals surface area contributed by atoms with Gasteiger partial charge in [0.1, 0.15) is 0 Å². The number of rotatable bonds is 5. The number of anilines is 1. The van der Waals surface area contributed by atoms with Crippen molar-refractivity contribution in [3.05, 3.63) is 44.9 Å². The molecule has 0 spiro atoms. The van der Waals surface area contributed by atoms with Crippen LogP contribution in [0, 0.1) is 10.1 Å². The largest absolute Gasteiger partial charge is 0.380 e. The summed E-state index contributed by atoms with van der Waals surface area (Å²) in [5, 5.41) is 14.2. The first-order chi connectivity index (χ1) is 7.95. The number of nitro benzene ring substituents is 1. The molecule has 0 saturated carbocycles. The van der Waals surface area contributed by atoms with Crippen LogP contribution in [0.25, 0.3) is 0 Å². The Morgan fingerprint density at radius 2 is 2.06 bits per heavy atom. The minimum absolute atomic E-state index is 0.101. The van der Waals surface area contributed by atoms with Crippen LogP contribution in [-0.4, -0.2) is 11.0 Å². The Morgan fingerprint density at radius 3 is 2.47 bits per heavy atom. The number of halogens is 2. The smallest absolute Gasteiger partial charge is 0.272 e. The van der Waals surface area contributed by atoms with E-state index in [0.29, 0.717) is 5.69 Å². The second-order valence-electron chi connectivity index (χ2n) is 3.61. The van der Waals surface area contributed by atoms with Gasteiger partial charge in [0.25, 0.3) is 5.69 Å². The molecule has 1 unspecified atom stereocenters. The van der Waals surface area contributed by atoms with Crippen molar-refractivity contribution < 1.29 is 4.92 Å². The maximum absolute atomic E-state index is 10.6. The van der Waals surface area contributed by atoms with Gasteiger partial charge in [-0.3, -0.25) is 10.1 Å². The van der Waals surface area contributed by atoms with Crippen molar-refractivity contribution in [1.29, 1.82) is 0 Å². The molecule has 0 aliphatic rings. The zero-order valence-corrected chi connectivity index (χ0v) is 10.8. The Bertz CT molecular complexity index is 426. The van der Waals surface area contributed by atoms with Gasteiger partial charge >= 0.3 is 0 Å². The van der Waals surface area contributed by atoms with E-state index in [1.807, 2.05) is 6.92 Å². The Balaban J connectivity index is 3.01. The molecule has 0 heterocycles. The van der Waals surface area contributed by atoms with Crippen LogP contribution in [0.5, 0.6) is 0 Å². The average molecular weight is 275 g/mol. The van der Waals surface area contributed by atoms with Crippen molar-refractivity contribution >= 4 is 34.6 Å². The van der Waals surface area contributed by atoms with Crippen molar-refractivity contribution in [2.24, 2.45) is 0 Å². The molecule has 0 bridgehead atoms. The summed E-state index contributed by atoms with van der Waals surface area (Å²) in [4.78, 5) is 10.1. The quantitative estimate of drug-likeness (QED) is 0.495. The number of nitrogens with zero attached hydrogens (tertiary/aromatic N) is 1. The fourth-order valence-corrected chi connectivity index (χ4v) is 1.94. The van der Waals surface area contributed by atoms with E-state index in [1.54, 1.807) is 6.08 Å². The SMILES string of the molecule is C=CCC(C)Nc1c(Cl)cc([N+](=O)[O-])cc1Cl. The molecule has 0 aromatic heterocycles. The zero-order chi connectivity index (χ0) is 13.0. The predicted molar refractivity (Wildman–Crippen MR) is 71.0 cm³/mol. The predicted octanol–water partition coefficient (Wildman–Crippen LogP) is 4.28. The lowest BCUT2D eigenvalue weighted by molar-refractivity contribution is -0.384. The number of nitro groups is 1. The zero-order valence-electron chi connectivity index (χ0n) is 9.24. The Hall–Kier alpha value is -1.26. The third-order valence-corrected chi connectivity index (χ3v) is 2.74. The van der Waals surface area contributed by atoms with Gasteiger partial charge in [-0.05, 0) is 13.3 Å². The Morgan fingerprint density at radius 1 is 1.53 bits per heavy atom. The van der Waals surface area contributed by atoms with Gasteiger partial charge in [-0.2, -0.15) is 0 Å². The van der Waals surface area contributed by atoms with Crippen molar-refractivity contribution in [3.63, 3.8) is 0 Å². The summed E-state index contributed by atoms with van der Waals surface area (Å²) in [6, 6.07) is 2.65. The van der Waals surface area contributed by atoms with E-state index >= 15 is 0 Å². The van der Waals surface area contributed by atoms with Gasteiger partial charge in [0.15, 0.2) is 0 Å². The fraction of sp³-hybridized carbons (Fsp3) is 0.273. The summed E-state index contributed by atoms with van der Waals surface area (Å²) in [7, 11) is 0. The lowest BCUT2D eigenvalue weighted by Crippen LogP contribution is -2.14. The minimum Gasteiger partial charge on any atom is -0.380 e. The number of hydrogen-bond acceptors (Lipinski definition) is 3. The van der Waals surface area contributed by atoms with Crippen LogP contribution in [0.1, 0.15) is 13.3 Å². The third-order valence-electron chi connectivity index (χ3n) is 2.15. The molecule has 4 nitrogen and oxygen atoms in total.